The van der Waals surface area contributed by atoms with Crippen LogP contribution in [-0.2, 0) is 21.7 Å². The van der Waals surface area contributed by atoms with Crippen LogP contribution in [0.25, 0.3) is 76.2 Å². The van der Waals surface area contributed by atoms with Crippen molar-refractivity contribution in [2.24, 2.45) is 0 Å². The van der Waals surface area contributed by atoms with Crippen molar-refractivity contribution in [1.29, 1.82) is 0 Å². The van der Waals surface area contributed by atoms with Gasteiger partial charge in [-0.15, -0.1) is 0 Å². The monoisotopic (exact) mass is 963 g/mol. The van der Waals surface area contributed by atoms with Crippen LogP contribution >= 0.6 is 0 Å². The summed E-state index contributed by atoms with van der Waals surface area (Å²) >= 11 is 0. The van der Waals surface area contributed by atoms with Gasteiger partial charge in [-0.3, -0.25) is 0 Å². The van der Waals surface area contributed by atoms with Gasteiger partial charge in [0.2, 0.25) is 0 Å². The zero-order chi connectivity index (χ0) is 51.4. The van der Waals surface area contributed by atoms with Crippen LogP contribution in [0.5, 0.6) is 0 Å². The molecule has 0 bridgehead atoms. The lowest BCUT2D eigenvalue weighted by Crippen LogP contribution is -2.15. The van der Waals surface area contributed by atoms with Gasteiger partial charge in [-0.25, -0.2) is 0 Å². The molecule has 0 spiro atoms. The van der Waals surface area contributed by atoms with Gasteiger partial charge in [0.1, 0.15) is 0 Å². The molecular weight excluding hydrogens is 897 g/mol. The van der Waals surface area contributed by atoms with Crippen LogP contribution in [0.2, 0.25) is 0 Å². The summed E-state index contributed by atoms with van der Waals surface area (Å²) in [5.41, 5.74) is 19.2. The number of nitrogens with zero attached hydrogens (tertiary/aromatic N) is 4. The van der Waals surface area contributed by atoms with E-state index in [2.05, 4.69) is 284 Å². The molecule has 13 aromatic rings. The van der Waals surface area contributed by atoms with Crippen molar-refractivity contribution in [3.8, 4) is 0 Å². The number of hydrogen-bond acceptors (Lipinski definition) is 2. The second-order valence-corrected chi connectivity index (χ2v) is 25.2. The van der Waals surface area contributed by atoms with Crippen LogP contribution in [0.3, 0.4) is 0 Å². The molecule has 0 saturated heterocycles. The van der Waals surface area contributed by atoms with Crippen LogP contribution in [0.1, 0.15) is 105 Å². The van der Waals surface area contributed by atoms with E-state index >= 15 is 0 Å². The number of hydrogen-bond donors (Lipinski definition) is 0. The zero-order valence-corrected chi connectivity index (χ0v) is 45.1. The highest BCUT2D eigenvalue weighted by Gasteiger charge is 2.32. The highest BCUT2D eigenvalue weighted by Crippen LogP contribution is 2.53. The normalized spacial score (nSPS) is 13.1. The quantitative estimate of drug-likeness (QED) is 0.165. The fourth-order valence-electron chi connectivity index (χ4n) is 12.0. The fourth-order valence-corrected chi connectivity index (χ4v) is 12.0. The number of aromatic nitrogens is 2. The van der Waals surface area contributed by atoms with Crippen LogP contribution in [0.15, 0.2) is 182 Å². The predicted octanol–water partition coefficient (Wildman–Crippen LogP) is 20.1. The molecule has 0 aliphatic carbocycles. The van der Waals surface area contributed by atoms with Gasteiger partial charge in [0.25, 0.3) is 0 Å². The lowest BCUT2D eigenvalue weighted by atomic mass is 9.83. The van der Waals surface area contributed by atoms with Gasteiger partial charge in [-0.1, -0.05) is 156 Å². The average molecular weight is 963 g/mol. The molecule has 4 nitrogen and oxygen atoms in total. The summed E-state index contributed by atoms with van der Waals surface area (Å²) in [7, 11) is 0. The number of para-hydroxylation sites is 4. The molecule has 4 heteroatoms. The SMILES string of the molecule is CC(C)(C)c1cc(N(c2ccccc2)c2ccccc2)c2c(c1)c1cc(C(C)(C)C)cc3c4cc5c(cc4n2c31)c1cc(C(C)(C)C)cc2c3cc(C(C)(C)C)cc(N(c4ccccc4)c4ccccc4)c3n5c12. The Bertz CT molecular complexity index is 3940. The Morgan fingerprint density at radius 1 is 0.257 bits per heavy atom. The molecule has 0 unspecified atom stereocenters. The molecule has 0 aliphatic rings. The third kappa shape index (κ3) is 6.94. The summed E-state index contributed by atoms with van der Waals surface area (Å²) in [5.74, 6) is 0. The first-order valence-electron chi connectivity index (χ1n) is 26.6. The van der Waals surface area contributed by atoms with E-state index in [4.69, 9.17) is 0 Å². The first-order chi connectivity index (χ1) is 35.3. The number of fused-ring (bicyclic) bond motifs is 12. The van der Waals surface area contributed by atoms with Crippen LogP contribution in [0.4, 0.5) is 34.1 Å². The Morgan fingerprint density at radius 2 is 0.486 bits per heavy atom. The van der Waals surface area contributed by atoms with Crippen molar-refractivity contribution in [2.45, 2.75) is 105 Å². The molecule has 4 aromatic heterocycles. The first kappa shape index (κ1) is 46.0. The van der Waals surface area contributed by atoms with Crippen LogP contribution < -0.4 is 9.80 Å². The molecule has 13 rings (SSSR count). The van der Waals surface area contributed by atoms with E-state index in [-0.39, 0.29) is 21.7 Å². The van der Waals surface area contributed by atoms with Crippen LogP contribution in [0, 0.1) is 0 Å². The third-order valence-corrected chi connectivity index (χ3v) is 16.1. The van der Waals surface area contributed by atoms with Crippen molar-refractivity contribution in [3.05, 3.63) is 204 Å². The van der Waals surface area contributed by atoms with E-state index in [0.29, 0.717) is 0 Å². The van der Waals surface area contributed by atoms with E-state index in [9.17, 15) is 0 Å². The standard InChI is InChI=1S/C70H66N4/c1-67(2,3)43-33-53-51-41-60-52(42-59(51)73-63(53)55(35-43)57-37-45(69(7,8)9)39-61(65(57)73)71(47-25-17-13-18-26-47)48-27-19-14-20-28-48)54-34-44(68(4,5)6)36-56-58-38-46(70(10,11)12)40-62(66(58)74(60)64(54)56)72(49-29-21-15-22-30-49)50-31-23-16-24-32-50/h13-42H,1-12H3. The summed E-state index contributed by atoms with van der Waals surface area (Å²) in [6.45, 7) is 28.3. The lowest BCUT2D eigenvalue weighted by molar-refractivity contribution is 0.591. The molecule has 0 atom stereocenters. The van der Waals surface area contributed by atoms with Crippen molar-refractivity contribution in [1.82, 2.24) is 8.80 Å². The van der Waals surface area contributed by atoms with Gasteiger partial charge < -0.3 is 18.6 Å². The minimum atomic E-state index is -0.105. The molecule has 366 valence electrons. The Hall–Kier alpha value is -7.82. The second kappa shape index (κ2) is 15.8. The van der Waals surface area contributed by atoms with Gasteiger partial charge in [-0.2, -0.15) is 0 Å². The highest BCUT2D eigenvalue weighted by atomic mass is 15.2. The minimum absolute atomic E-state index is 0.0937. The van der Waals surface area contributed by atoms with E-state index in [1.807, 2.05) is 0 Å². The topological polar surface area (TPSA) is 15.3 Å². The van der Waals surface area contributed by atoms with Gasteiger partial charge in [0, 0.05) is 65.8 Å². The van der Waals surface area contributed by atoms with Gasteiger partial charge in [-0.05, 0) is 153 Å². The fraction of sp³-hybridized carbons (Fsp3) is 0.229. The molecule has 9 aromatic carbocycles. The van der Waals surface area contributed by atoms with Crippen molar-refractivity contribution < 1.29 is 0 Å². The van der Waals surface area contributed by atoms with Crippen molar-refractivity contribution in [2.75, 3.05) is 9.80 Å². The van der Waals surface area contributed by atoms with Gasteiger partial charge >= 0.3 is 0 Å². The number of benzene rings is 9. The molecule has 0 saturated carbocycles. The summed E-state index contributed by atoms with van der Waals surface area (Å²) < 4.78 is 5.29. The summed E-state index contributed by atoms with van der Waals surface area (Å²) in [5, 5.41) is 10.3. The smallest absolute Gasteiger partial charge is 0.0783 e. The Labute approximate surface area is 435 Å². The van der Waals surface area contributed by atoms with Crippen molar-refractivity contribution in [3.63, 3.8) is 0 Å². The first-order valence-corrected chi connectivity index (χ1v) is 26.6. The molecule has 0 amide bonds. The molecule has 0 N–H and O–H groups in total. The maximum atomic E-state index is 2.65. The van der Waals surface area contributed by atoms with E-state index in [1.54, 1.807) is 0 Å². The molecule has 0 fully saturated rings. The lowest BCUT2D eigenvalue weighted by Gasteiger charge is -2.29. The number of rotatable bonds is 6. The highest BCUT2D eigenvalue weighted by molar-refractivity contribution is 6.31. The Balaban J connectivity index is 1.25. The third-order valence-electron chi connectivity index (χ3n) is 16.1. The molecule has 4 heterocycles. The molecular formula is C70H66N4. The summed E-state index contributed by atoms with van der Waals surface area (Å²) in [6, 6.07) is 68.9. The van der Waals surface area contributed by atoms with Gasteiger partial charge in [0.15, 0.2) is 0 Å². The zero-order valence-electron chi connectivity index (χ0n) is 45.1. The van der Waals surface area contributed by atoms with Crippen LogP contribution in [-0.4, -0.2) is 8.80 Å². The summed E-state index contributed by atoms with van der Waals surface area (Å²) in [6.07, 6.45) is 0. The van der Waals surface area contributed by atoms with Crippen molar-refractivity contribution >= 4 is 110 Å². The number of anilines is 6. The minimum Gasteiger partial charge on any atom is -0.308 e. The predicted molar refractivity (Wildman–Crippen MR) is 320 cm³/mol. The van der Waals surface area contributed by atoms with E-state index < -0.39 is 0 Å². The molecule has 74 heavy (non-hydrogen) atoms. The average Bonchev–Trinajstić information content (AvgIpc) is 4.09. The maximum absolute atomic E-state index is 2.65. The molecule has 0 radical (unpaired) electrons. The summed E-state index contributed by atoms with van der Waals surface area (Å²) in [4.78, 5) is 4.98. The Morgan fingerprint density at radius 3 is 0.743 bits per heavy atom. The maximum Gasteiger partial charge on any atom is 0.0783 e. The van der Waals surface area contributed by atoms with Gasteiger partial charge in [0.05, 0.1) is 44.5 Å². The largest absolute Gasteiger partial charge is 0.308 e. The molecule has 0 aliphatic heterocycles. The second-order valence-electron chi connectivity index (χ2n) is 25.2. The Kier molecular flexibility index (Phi) is 9.85. The van der Waals surface area contributed by atoms with E-state index in [1.165, 1.54) is 110 Å². The van der Waals surface area contributed by atoms with E-state index in [0.717, 1.165) is 22.7 Å².